The van der Waals surface area contributed by atoms with E-state index in [4.69, 9.17) is 17.0 Å². The molecule has 6 nitrogen and oxygen atoms in total. The van der Waals surface area contributed by atoms with Crippen molar-refractivity contribution in [3.63, 3.8) is 0 Å². The third-order valence-corrected chi connectivity index (χ3v) is 7.55. The van der Waals surface area contributed by atoms with Crippen molar-refractivity contribution in [1.29, 1.82) is 0 Å². The summed E-state index contributed by atoms with van der Waals surface area (Å²) < 4.78 is 33.0. The molecule has 0 saturated carbocycles. The summed E-state index contributed by atoms with van der Waals surface area (Å²) in [5, 5.41) is 3.95. The molecule has 2 aliphatic heterocycles. The molecule has 28 heavy (non-hydrogen) atoms. The fourth-order valence-electron chi connectivity index (χ4n) is 3.67. The largest absolute Gasteiger partial charge is 0.376 e. The van der Waals surface area contributed by atoms with Crippen LogP contribution in [-0.4, -0.2) is 68.2 Å². The van der Waals surface area contributed by atoms with E-state index in [1.54, 1.807) is 16.4 Å². The summed E-state index contributed by atoms with van der Waals surface area (Å²) in [5.41, 5.74) is 1.17. The van der Waals surface area contributed by atoms with Gasteiger partial charge in [0, 0.05) is 39.3 Å². The van der Waals surface area contributed by atoms with Gasteiger partial charge in [-0.25, -0.2) is 8.42 Å². The normalized spacial score (nSPS) is 21.2. The first-order chi connectivity index (χ1) is 13.4. The Morgan fingerprint density at radius 2 is 1.89 bits per heavy atom. The van der Waals surface area contributed by atoms with Gasteiger partial charge in [0.1, 0.15) is 0 Å². The summed E-state index contributed by atoms with van der Waals surface area (Å²) in [7, 11) is -3.46. The van der Waals surface area contributed by atoms with Crippen LogP contribution in [-0.2, 0) is 21.2 Å². The Morgan fingerprint density at radius 3 is 2.46 bits per heavy atom. The number of nitrogens with zero attached hydrogens (tertiary/aromatic N) is 2. The molecule has 2 fully saturated rings. The van der Waals surface area contributed by atoms with E-state index < -0.39 is 10.0 Å². The number of rotatable bonds is 6. The Hall–Kier alpha value is -1.22. The molecule has 1 aromatic carbocycles. The molecule has 0 spiro atoms. The Labute approximate surface area is 174 Å². The van der Waals surface area contributed by atoms with Crippen molar-refractivity contribution in [2.24, 2.45) is 5.92 Å². The topological polar surface area (TPSA) is 61.9 Å². The molecule has 1 aromatic rings. The van der Waals surface area contributed by atoms with Crippen LogP contribution < -0.4 is 5.32 Å². The average Bonchev–Trinajstić information content (AvgIpc) is 3.20. The van der Waals surface area contributed by atoms with Gasteiger partial charge in [0.2, 0.25) is 10.0 Å². The molecule has 0 aromatic heterocycles. The average molecular weight is 426 g/mol. The molecule has 2 aliphatic rings. The van der Waals surface area contributed by atoms with Gasteiger partial charge in [-0.15, -0.1) is 0 Å². The summed E-state index contributed by atoms with van der Waals surface area (Å²) >= 11 is 5.47. The molecule has 0 radical (unpaired) electrons. The number of piperazine rings is 1. The first kappa shape index (κ1) is 21.5. The van der Waals surface area contributed by atoms with E-state index in [0.29, 0.717) is 42.1 Å². The third kappa shape index (κ3) is 5.43. The lowest BCUT2D eigenvalue weighted by molar-refractivity contribution is 0.113. The molecule has 0 unspecified atom stereocenters. The highest BCUT2D eigenvalue weighted by atomic mass is 32.2. The molecule has 0 aliphatic carbocycles. The van der Waals surface area contributed by atoms with Crippen LogP contribution in [0.3, 0.4) is 0 Å². The second-order valence-electron chi connectivity index (χ2n) is 7.95. The fourth-order valence-corrected chi connectivity index (χ4v) is 5.36. The summed E-state index contributed by atoms with van der Waals surface area (Å²) in [4.78, 5) is 2.41. The Balaban J connectivity index is 1.52. The van der Waals surface area contributed by atoms with Crippen molar-refractivity contribution in [3.8, 4) is 0 Å². The van der Waals surface area contributed by atoms with Crippen LogP contribution >= 0.6 is 12.2 Å². The molecule has 1 N–H and O–H groups in total. The van der Waals surface area contributed by atoms with E-state index >= 15 is 0 Å². The van der Waals surface area contributed by atoms with Crippen LogP contribution in [0.25, 0.3) is 0 Å². The Morgan fingerprint density at radius 1 is 1.21 bits per heavy atom. The second kappa shape index (κ2) is 9.52. The van der Waals surface area contributed by atoms with Gasteiger partial charge >= 0.3 is 0 Å². The zero-order valence-electron chi connectivity index (χ0n) is 16.8. The molecule has 1 atom stereocenters. The van der Waals surface area contributed by atoms with Gasteiger partial charge in [-0.05, 0) is 55.1 Å². The van der Waals surface area contributed by atoms with E-state index in [-0.39, 0.29) is 6.10 Å². The van der Waals surface area contributed by atoms with Crippen LogP contribution in [0, 0.1) is 5.92 Å². The minimum atomic E-state index is -3.46. The lowest BCUT2D eigenvalue weighted by Crippen LogP contribution is -2.53. The van der Waals surface area contributed by atoms with E-state index in [2.05, 4.69) is 19.2 Å². The lowest BCUT2D eigenvalue weighted by Gasteiger charge is -2.35. The Bertz CT molecular complexity index is 751. The van der Waals surface area contributed by atoms with Crippen molar-refractivity contribution in [1.82, 2.24) is 14.5 Å². The van der Waals surface area contributed by atoms with Crippen LogP contribution in [0.5, 0.6) is 0 Å². The number of thiocarbonyl (C=S) groups is 1. The maximum Gasteiger partial charge on any atom is 0.243 e. The molecule has 0 amide bonds. The lowest BCUT2D eigenvalue weighted by atomic mass is 10.0. The van der Waals surface area contributed by atoms with E-state index in [1.807, 2.05) is 17.0 Å². The Kier molecular flexibility index (Phi) is 7.31. The van der Waals surface area contributed by atoms with Gasteiger partial charge in [-0.2, -0.15) is 4.31 Å². The highest BCUT2D eigenvalue weighted by Crippen LogP contribution is 2.19. The molecule has 2 saturated heterocycles. The number of hydrogen-bond donors (Lipinski definition) is 1. The number of ether oxygens (including phenoxy) is 1. The minimum Gasteiger partial charge on any atom is -0.376 e. The van der Waals surface area contributed by atoms with Gasteiger partial charge in [0.05, 0.1) is 11.0 Å². The van der Waals surface area contributed by atoms with Crippen molar-refractivity contribution >= 4 is 27.4 Å². The van der Waals surface area contributed by atoms with Gasteiger partial charge in [-0.1, -0.05) is 26.0 Å². The van der Waals surface area contributed by atoms with E-state index in [0.717, 1.165) is 32.4 Å². The molecule has 0 bridgehead atoms. The molecule has 156 valence electrons. The smallest absolute Gasteiger partial charge is 0.243 e. The molecular weight excluding hydrogens is 394 g/mol. The second-order valence-corrected chi connectivity index (χ2v) is 10.3. The number of benzene rings is 1. The standard InChI is InChI=1S/C20H31N3O3S2/c1-16(2)14-17-5-7-19(8-6-17)28(24,25)23-11-9-22(10-12-23)20(27)21-15-18-4-3-13-26-18/h5-8,16,18H,3-4,9-15H2,1-2H3,(H,21,27)/t18-/m1/s1. The summed E-state index contributed by atoms with van der Waals surface area (Å²) in [5.74, 6) is 0.549. The highest BCUT2D eigenvalue weighted by Gasteiger charge is 2.29. The number of nitrogens with one attached hydrogen (secondary N) is 1. The van der Waals surface area contributed by atoms with Crippen LogP contribution in [0.1, 0.15) is 32.3 Å². The zero-order chi connectivity index (χ0) is 20.1. The summed E-state index contributed by atoms with van der Waals surface area (Å²) in [6, 6.07) is 7.31. The van der Waals surface area contributed by atoms with Gasteiger partial charge in [-0.3, -0.25) is 0 Å². The first-order valence-electron chi connectivity index (χ1n) is 10.1. The maximum atomic E-state index is 12.9. The van der Waals surface area contributed by atoms with E-state index in [1.165, 1.54) is 5.56 Å². The van der Waals surface area contributed by atoms with Crippen molar-refractivity contribution in [2.45, 2.75) is 44.1 Å². The van der Waals surface area contributed by atoms with Crippen LogP contribution in [0.2, 0.25) is 0 Å². The van der Waals surface area contributed by atoms with Crippen molar-refractivity contribution in [2.75, 3.05) is 39.3 Å². The predicted molar refractivity (Wildman–Crippen MR) is 115 cm³/mol. The quantitative estimate of drug-likeness (QED) is 0.706. The number of sulfonamides is 1. The van der Waals surface area contributed by atoms with Gasteiger partial charge in [0.25, 0.3) is 0 Å². The van der Waals surface area contributed by atoms with Crippen LogP contribution in [0.4, 0.5) is 0 Å². The highest BCUT2D eigenvalue weighted by molar-refractivity contribution is 7.89. The molecule has 2 heterocycles. The fraction of sp³-hybridized carbons (Fsp3) is 0.650. The predicted octanol–water partition coefficient (Wildman–Crippen LogP) is 2.24. The third-order valence-electron chi connectivity index (χ3n) is 5.24. The van der Waals surface area contributed by atoms with Gasteiger partial charge < -0.3 is 15.0 Å². The molecule has 3 rings (SSSR count). The zero-order valence-corrected chi connectivity index (χ0v) is 18.4. The SMILES string of the molecule is CC(C)Cc1ccc(S(=O)(=O)N2CCN(C(=S)NC[C@H]3CCCO3)CC2)cc1. The summed E-state index contributed by atoms with van der Waals surface area (Å²) in [6.07, 6.45) is 3.36. The number of hydrogen-bond acceptors (Lipinski definition) is 4. The maximum absolute atomic E-state index is 12.9. The monoisotopic (exact) mass is 425 g/mol. The van der Waals surface area contributed by atoms with Gasteiger partial charge in [0.15, 0.2) is 5.11 Å². The first-order valence-corrected chi connectivity index (χ1v) is 11.9. The summed E-state index contributed by atoms with van der Waals surface area (Å²) in [6.45, 7) is 7.95. The van der Waals surface area contributed by atoms with Crippen molar-refractivity contribution in [3.05, 3.63) is 29.8 Å². The molecular formula is C20H31N3O3S2. The molecule has 8 heteroatoms. The minimum absolute atomic E-state index is 0.235. The van der Waals surface area contributed by atoms with E-state index in [9.17, 15) is 8.42 Å². The van der Waals surface area contributed by atoms with Crippen LogP contribution in [0.15, 0.2) is 29.2 Å². The van der Waals surface area contributed by atoms with Crippen molar-refractivity contribution < 1.29 is 13.2 Å².